The molecule has 4 aromatic rings. The minimum absolute atomic E-state index is 0.0606. The van der Waals surface area contributed by atoms with Crippen molar-refractivity contribution in [1.82, 2.24) is 4.98 Å². The highest BCUT2D eigenvalue weighted by Gasteiger charge is 2.31. The summed E-state index contributed by atoms with van der Waals surface area (Å²) >= 11 is 0. The molecule has 0 saturated carbocycles. The van der Waals surface area contributed by atoms with Gasteiger partial charge in [0.2, 0.25) is 6.10 Å². The van der Waals surface area contributed by atoms with Gasteiger partial charge in [-0.3, -0.25) is 14.6 Å². The predicted molar refractivity (Wildman–Crippen MR) is 147 cm³/mol. The fraction of sp³-hybridized carbons (Fsp3) is 0.267. The van der Waals surface area contributed by atoms with Crippen LogP contribution in [-0.4, -0.2) is 22.8 Å². The van der Waals surface area contributed by atoms with E-state index in [9.17, 15) is 14.4 Å². The fourth-order valence-electron chi connectivity index (χ4n) is 4.54. The number of ether oxygens (including phenoxy) is 1. The number of hydrogen-bond donors (Lipinski definition) is 3. The Kier molecular flexibility index (Phi) is 8.20. The van der Waals surface area contributed by atoms with Gasteiger partial charge in [-0.1, -0.05) is 43.7 Å². The van der Waals surface area contributed by atoms with Crippen LogP contribution in [0.5, 0.6) is 0 Å². The Hall–Kier alpha value is -4.70. The first-order valence-corrected chi connectivity index (χ1v) is 12.8. The van der Waals surface area contributed by atoms with Crippen molar-refractivity contribution >= 4 is 17.8 Å². The minimum atomic E-state index is -1.27. The van der Waals surface area contributed by atoms with Crippen molar-refractivity contribution in [1.29, 1.82) is 0 Å². The minimum Gasteiger partial charge on any atom is -0.451 e. The first-order chi connectivity index (χ1) is 19.0. The van der Waals surface area contributed by atoms with E-state index in [2.05, 4.69) is 13.8 Å². The molecule has 6 N–H and O–H groups in total. The van der Waals surface area contributed by atoms with E-state index in [1.807, 2.05) is 31.2 Å². The Morgan fingerprint density at radius 2 is 1.43 bits per heavy atom. The zero-order valence-electron chi connectivity index (χ0n) is 22.8. The lowest BCUT2D eigenvalue weighted by atomic mass is 9.89. The first kappa shape index (κ1) is 28.3. The second-order valence-electron chi connectivity index (χ2n) is 9.96. The number of furan rings is 2. The number of hydrogen-bond acceptors (Lipinski definition) is 8. The molecule has 0 bridgehead atoms. The Bertz CT molecular complexity index is 1510. The van der Waals surface area contributed by atoms with Crippen molar-refractivity contribution in [2.75, 3.05) is 0 Å². The number of amides is 2. The van der Waals surface area contributed by atoms with Gasteiger partial charge in [-0.05, 0) is 61.6 Å². The van der Waals surface area contributed by atoms with E-state index in [1.54, 1.807) is 6.92 Å². The molecule has 3 aromatic heterocycles. The maximum absolute atomic E-state index is 14.0. The average molecular weight is 545 g/mol. The van der Waals surface area contributed by atoms with E-state index in [0.717, 1.165) is 22.4 Å². The predicted octanol–water partition coefficient (Wildman–Crippen LogP) is 4.35. The summed E-state index contributed by atoms with van der Waals surface area (Å²) < 4.78 is 17.1. The standard InChI is InChI=1S/C30H32N4O6/c1-15(2)13-20-19(14-31)26(18-7-5-16(3)6-8-18)25(17(4)34-20)30(37)40-27(21-9-11-23(38-21)28(32)35)22-10-12-24(39-22)29(33)36/h5-12,15,27H,13-14,31H2,1-4H3,(H2,32,35)(H2,33,36). The average Bonchev–Trinajstić information content (AvgIpc) is 3.58. The Morgan fingerprint density at radius 3 is 1.88 bits per heavy atom. The van der Waals surface area contributed by atoms with Crippen LogP contribution in [0.2, 0.25) is 0 Å². The summed E-state index contributed by atoms with van der Waals surface area (Å²) in [5, 5.41) is 0. The molecule has 0 atom stereocenters. The van der Waals surface area contributed by atoms with Crippen LogP contribution in [0.1, 0.15) is 85.5 Å². The van der Waals surface area contributed by atoms with E-state index in [1.165, 1.54) is 24.3 Å². The number of primary amides is 2. The number of aryl methyl sites for hydroxylation is 2. The van der Waals surface area contributed by atoms with Crippen LogP contribution in [-0.2, 0) is 17.7 Å². The van der Waals surface area contributed by atoms with Crippen molar-refractivity contribution in [3.05, 3.63) is 99.7 Å². The number of benzene rings is 1. The van der Waals surface area contributed by atoms with Gasteiger partial charge in [0.1, 0.15) is 0 Å². The van der Waals surface area contributed by atoms with E-state index in [0.29, 0.717) is 23.6 Å². The zero-order chi connectivity index (χ0) is 29.1. The third-order valence-corrected chi connectivity index (χ3v) is 6.40. The largest absolute Gasteiger partial charge is 0.451 e. The third-order valence-electron chi connectivity index (χ3n) is 6.40. The van der Waals surface area contributed by atoms with Gasteiger partial charge < -0.3 is 30.8 Å². The zero-order valence-corrected chi connectivity index (χ0v) is 22.8. The highest BCUT2D eigenvalue weighted by atomic mass is 16.6. The second-order valence-corrected chi connectivity index (χ2v) is 9.96. The molecule has 0 aliphatic carbocycles. The molecule has 10 nitrogen and oxygen atoms in total. The molecule has 3 heterocycles. The van der Waals surface area contributed by atoms with E-state index in [4.69, 9.17) is 35.8 Å². The van der Waals surface area contributed by atoms with Gasteiger partial charge in [-0.15, -0.1) is 0 Å². The summed E-state index contributed by atoms with van der Waals surface area (Å²) in [5.74, 6) is -2.19. The van der Waals surface area contributed by atoms with Gasteiger partial charge >= 0.3 is 5.97 Å². The fourth-order valence-corrected chi connectivity index (χ4v) is 4.54. The number of aromatic nitrogens is 1. The van der Waals surface area contributed by atoms with Crippen LogP contribution in [0.3, 0.4) is 0 Å². The Balaban J connectivity index is 1.87. The van der Waals surface area contributed by atoms with Gasteiger partial charge in [0.15, 0.2) is 23.0 Å². The van der Waals surface area contributed by atoms with Crippen LogP contribution in [0.4, 0.5) is 0 Å². The summed E-state index contributed by atoms with van der Waals surface area (Å²) in [5.41, 5.74) is 21.7. The van der Waals surface area contributed by atoms with Crippen LogP contribution in [0.15, 0.2) is 57.4 Å². The highest BCUT2D eigenvalue weighted by Crippen LogP contribution is 2.36. The van der Waals surface area contributed by atoms with E-state index >= 15 is 0 Å². The number of nitrogens with zero attached hydrogens (tertiary/aromatic N) is 1. The number of carbonyl (C=O) groups is 3. The maximum Gasteiger partial charge on any atom is 0.341 e. The van der Waals surface area contributed by atoms with E-state index < -0.39 is 23.9 Å². The van der Waals surface area contributed by atoms with Gasteiger partial charge in [0, 0.05) is 17.8 Å². The molecule has 0 radical (unpaired) electrons. The first-order valence-electron chi connectivity index (χ1n) is 12.8. The van der Waals surface area contributed by atoms with Crippen LogP contribution in [0.25, 0.3) is 11.1 Å². The molecule has 40 heavy (non-hydrogen) atoms. The van der Waals surface area contributed by atoms with Crippen LogP contribution < -0.4 is 17.2 Å². The van der Waals surface area contributed by atoms with Gasteiger partial charge in [-0.25, -0.2) is 4.79 Å². The topological polar surface area (TPSA) is 178 Å². The summed E-state index contributed by atoms with van der Waals surface area (Å²) in [4.78, 5) is 42.1. The lowest BCUT2D eigenvalue weighted by Crippen LogP contribution is -2.19. The molecule has 0 aliphatic heterocycles. The van der Waals surface area contributed by atoms with Crippen molar-refractivity contribution in [3.63, 3.8) is 0 Å². The number of nitrogens with two attached hydrogens (primary N) is 3. The normalized spacial score (nSPS) is 11.3. The second kappa shape index (κ2) is 11.6. The molecule has 208 valence electrons. The van der Waals surface area contributed by atoms with Crippen LogP contribution >= 0.6 is 0 Å². The summed E-state index contributed by atoms with van der Waals surface area (Å²) in [6.07, 6.45) is -0.593. The van der Waals surface area contributed by atoms with Gasteiger partial charge in [0.05, 0.1) is 11.3 Å². The number of rotatable bonds is 10. The lowest BCUT2D eigenvalue weighted by Gasteiger charge is -2.22. The summed E-state index contributed by atoms with van der Waals surface area (Å²) in [7, 11) is 0. The molecule has 10 heteroatoms. The van der Waals surface area contributed by atoms with Crippen molar-refractivity contribution in [2.45, 2.75) is 46.8 Å². The monoisotopic (exact) mass is 544 g/mol. The summed E-state index contributed by atoms with van der Waals surface area (Å²) in [6, 6.07) is 13.3. The lowest BCUT2D eigenvalue weighted by molar-refractivity contribution is 0.0288. The molecule has 0 spiro atoms. The highest BCUT2D eigenvalue weighted by molar-refractivity contribution is 6.00. The summed E-state index contributed by atoms with van der Waals surface area (Å²) in [6.45, 7) is 8.04. The smallest absolute Gasteiger partial charge is 0.341 e. The molecule has 0 saturated heterocycles. The van der Waals surface area contributed by atoms with Gasteiger partial charge in [0.25, 0.3) is 11.8 Å². The molecular formula is C30H32N4O6. The molecule has 1 aromatic carbocycles. The van der Waals surface area contributed by atoms with Crippen molar-refractivity contribution in [2.24, 2.45) is 23.1 Å². The molecule has 0 aliphatic rings. The SMILES string of the molecule is Cc1ccc(-c2c(CN)c(CC(C)C)nc(C)c2C(=O)OC(c2ccc(C(N)=O)o2)c2ccc(C(N)=O)o2)cc1. The van der Waals surface area contributed by atoms with Gasteiger partial charge in [-0.2, -0.15) is 0 Å². The maximum atomic E-state index is 14.0. The Morgan fingerprint density at radius 1 is 0.875 bits per heavy atom. The number of esters is 1. The molecule has 0 unspecified atom stereocenters. The number of pyridine rings is 1. The number of carbonyl (C=O) groups excluding carboxylic acids is 3. The third kappa shape index (κ3) is 5.81. The van der Waals surface area contributed by atoms with E-state index in [-0.39, 0.29) is 35.1 Å². The van der Waals surface area contributed by atoms with Crippen molar-refractivity contribution in [3.8, 4) is 11.1 Å². The molecular weight excluding hydrogens is 512 g/mol. The van der Waals surface area contributed by atoms with Crippen LogP contribution in [0, 0.1) is 19.8 Å². The van der Waals surface area contributed by atoms with Crippen molar-refractivity contribution < 1.29 is 28.0 Å². The molecule has 2 amide bonds. The molecule has 0 fully saturated rings. The Labute approximate surface area is 231 Å². The molecule has 4 rings (SSSR count). The quantitative estimate of drug-likeness (QED) is 0.247.